The topological polar surface area (TPSA) is 77.6 Å². The number of benzene rings is 2. The largest absolute Gasteiger partial charge is 0.493 e. The van der Waals surface area contributed by atoms with Crippen molar-refractivity contribution < 1.29 is 19.0 Å². The molecule has 0 amide bonds. The number of hydroxylamine groups is 1. The highest BCUT2D eigenvalue weighted by Crippen LogP contribution is 2.50. The van der Waals surface area contributed by atoms with Crippen LogP contribution in [0.5, 0.6) is 17.2 Å². The van der Waals surface area contributed by atoms with Crippen LogP contribution in [0.15, 0.2) is 54.1 Å². The number of hydrogen-bond donors (Lipinski definition) is 2. The van der Waals surface area contributed by atoms with Crippen LogP contribution in [0.25, 0.3) is 11.8 Å². The molecule has 7 nitrogen and oxygen atoms in total. The van der Waals surface area contributed by atoms with Gasteiger partial charge in [-0.25, -0.2) is 0 Å². The molecule has 5 rings (SSSR count). The van der Waals surface area contributed by atoms with E-state index in [9.17, 15) is 0 Å². The molecule has 0 saturated heterocycles. The van der Waals surface area contributed by atoms with Crippen LogP contribution in [0, 0.1) is 0 Å². The molecule has 3 aromatic rings. The molecule has 1 unspecified atom stereocenters. The summed E-state index contributed by atoms with van der Waals surface area (Å²) >= 11 is 0. The van der Waals surface area contributed by atoms with Crippen LogP contribution in [0.1, 0.15) is 40.9 Å². The fourth-order valence-corrected chi connectivity index (χ4v) is 4.88. The summed E-state index contributed by atoms with van der Waals surface area (Å²) in [4.78, 5) is 5.25. The Morgan fingerprint density at radius 1 is 0.941 bits per heavy atom. The maximum Gasteiger partial charge on any atom is 0.203 e. The highest BCUT2D eigenvalue weighted by atomic mass is 16.6. The summed E-state index contributed by atoms with van der Waals surface area (Å²) in [5, 5.41) is 7.98. The summed E-state index contributed by atoms with van der Waals surface area (Å²) in [5.74, 6) is 1.86. The van der Waals surface area contributed by atoms with Gasteiger partial charge in [0, 0.05) is 28.7 Å². The van der Waals surface area contributed by atoms with E-state index in [0.717, 1.165) is 46.6 Å². The Labute approximate surface area is 199 Å². The molecule has 1 heterocycles. The lowest BCUT2D eigenvalue weighted by atomic mass is 9.68. The van der Waals surface area contributed by atoms with Crippen molar-refractivity contribution in [2.45, 2.75) is 24.7 Å². The molecule has 2 aromatic carbocycles. The molecule has 1 saturated carbocycles. The quantitative estimate of drug-likeness (QED) is 0.478. The third-order valence-electron chi connectivity index (χ3n) is 6.64. The minimum absolute atomic E-state index is 0.496. The van der Waals surface area contributed by atoms with E-state index in [0.29, 0.717) is 23.7 Å². The maximum absolute atomic E-state index is 5.91. The Bertz CT molecular complexity index is 1260. The molecule has 0 bridgehead atoms. The fraction of sp³-hybridized carbons (Fsp3) is 0.296. The van der Waals surface area contributed by atoms with Crippen molar-refractivity contribution in [1.82, 2.24) is 15.7 Å². The van der Waals surface area contributed by atoms with Crippen LogP contribution in [0.4, 0.5) is 0 Å². The zero-order valence-electron chi connectivity index (χ0n) is 19.9. The third-order valence-corrected chi connectivity index (χ3v) is 6.64. The Kier molecular flexibility index (Phi) is 5.79. The Hall–Kier alpha value is -3.71. The first-order chi connectivity index (χ1) is 16.7. The number of ether oxygens (including phenoxy) is 3. The second kappa shape index (κ2) is 8.91. The van der Waals surface area contributed by atoms with Gasteiger partial charge in [0.1, 0.15) is 5.69 Å². The van der Waals surface area contributed by atoms with Crippen molar-refractivity contribution >= 4 is 11.8 Å². The van der Waals surface area contributed by atoms with Gasteiger partial charge in [0.05, 0.1) is 34.1 Å². The van der Waals surface area contributed by atoms with E-state index < -0.39 is 5.41 Å². The molecule has 0 aliphatic heterocycles. The Balaban J connectivity index is 1.69. The first kappa shape index (κ1) is 22.1. The zero-order chi connectivity index (χ0) is 23.7. The lowest BCUT2D eigenvalue weighted by molar-refractivity contribution is 0.136. The number of hydrogen-bond acceptors (Lipinski definition) is 6. The van der Waals surface area contributed by atoms with Crippen LogP contribution in [-0.2, 0) is 16.7 Å². The van der Waals surface area contributed by atoms with E-state index in [1.165, 1.54) is 5.57 Å². The predicted octanol–water partition coefficient (Wildman–Crippen LogP) is 4.65. The second-order valence-electron chi connectivity index (χ2n) is 8.48. The summed E-state index contributed by atoms with van der Waals surface area (Å²) in [5.41, 5.74) is 9.98. The summed E-state index contributed by atoms with van der Waals surface area (Å²) in [6.45, 7) is 0. The molecule has 2 N–H and O–H groups in total. The van der Waals surface area contributed by atoms with Crippen LogP contribution in [-0.4, -0.2) is 38.6 Å². The molecule has 7 heteroatoms. The van der Waals surface area contributed by atoms with Gasteiger partial charge in [0.25, 0.3) is 0 Å². The number of aromatic amines is 1. The van der Waals surface area contributed by atoms with Crippen molar-refractivity contribution in [3.63, 3.8) is 0 Å². The minimum Gasteiger partial charge on any atom is -0.493 e. The van der Waals surface area contributed by atoms with E-state index in [-0.39, 0.29) is 0 Å². The monoisotopic (exact) mass is 459 g/mol. The Morgan fingerprint density at radius 3 is 2.35 bits per heavy atom. The highest BCUT2D eigenvalue weighted by Gasteiger charge is 2.40. The fourth-order valence-electron chi connectivity index (χ4n) is 4.88. The number of aromatic nitrogens is 2. The molecule has 34 heavy (non-hydrogen) atoms. The number of nitrogens with zero attached hydrogens (tertiary/aromatic N) is 1. The van der Waals surface area contributed by atoms with Crippen molar-refractivity contribution in [3.8, 4) is 17.2 Å². The van der Waals surface area contributed by atoms with Crippen LogP contribution >= 0.6 is 0 Å². The molecule has 0 radical (unpaired) electrons. The first-order valence-corrected chi connectivity index (χ1v) is 11.3. The van der Waals surface area contributed by atoms with Crippen molar-refractivity contribution in [3.05, 3.63) is 82.2 Å². The summed E-state index contributed by atoms with van der Waals surface area (Å²) in [7, 11) is 6.55. The van der Waals surface area contributed by atoms with Gasteiger partial charge in [-0.05, 0) is 30.0 Å². The van der Waals surface area contributed by atoms with Gasteiger partial charge in [0.2, 0.25) is 5.75 Å². The number of rotatable bonds is 8. The minimum atomic E-state index is -0.496. The van der Waals surface area contributed by atoms with Crippen molar-refractivity contribution in [2.75, 3.05) is 28.4 Å². The van der Waals surface area contributed by atoms with E-state index >= 15 is 0 Å². The maximum atomic E-state index is 5.91. The zero-order valence-corrected chi connectivity index (χ0v) is 19.9. The summed E-state index contributed by atoms with van der Waals surface area (Å²) in [6, 6.07) is 14.4. The third kappa shape index (κ3) is 3.53. The second-order valence-corrected chi connectivity index (χ2v) is 8.48. The average molecular weight is 460 g/mol. The normalized spacial score (nSPS) is 18.3. The van der Waals surface area contributed by atoms with E-state index in [1.807, 2.05) is 12.1 Å². The molecule has 1 atom stereocenters. The smallest absolute Gasteiger partial charge is 0.203 e. The van der Waals surface area contributed by atoms with Gasteiger partial charge in [-0.2, -0.15) is 5.10 Å². The van der Waals surface area contributed by atoms with E-state index in [1.54, 1.807) is 28.4 Å². The average Bonchev–Trinajstić information content (AvgIpc) is 3.65. The molecular weight excluding hydrogens is 430 g/mol. The molecular formula is C27H29N3O4. The SMILES string of the molecule is CONC(=C1CC1)c1n[nH]c2c1C=CC(c1ccccc1)(c1ccc(OC)c(OC)c1OC)C2. The van der Waals surface area contributed by atoms with Crippen LogP contribution < -0.4 is 19.7 Å². The molecule has 2 aliphatic carbocycles. The first-order valence-electron chi connectivity index (χ1n) is 11.3. The number of H-pyrrole nitrogens is 1. The Morgan fingerprint density at radius 2 is 1.71 bits per heavy atom. The van der Waals surface area contributed by atoms with Gasteiger partial charge < -0.3 is 14.2 Å². The van der Waals surface area contributed by atoms with E-state index in [4.69, 9.17) is 19.0 Å². The summed E-state index contributed by atoms with van der Waals surface area (Å²) < 4.78 is 17.2. The lowest BCUT2D eigenvalue weighted by Crippen LogP contribution is -2.31. The van der Waals surface area contributed by atoms with Crippen molar-refractivity contribution in [2.24, 2.45) is 0 Å². The molecule has 176 valence electrons. The number of allylic oxidation sites excluding steroid dienone is 2. The standard InChI is InChI=1S/C27H29N3O4/c1-31-22-13-12-20(25(32-2)26(22)33-3)27(18-8-6-5-7-9-18)15-14-19-21(16-27)28-29-24(19)23(30-34-4)17-10-11-17/h5-9,12-15,30H,10-11,16H2,1-4H3,(H,28,29). The number of methoxy groups -OCH3 is 3. The van der Waals surface area contributed by atoms with Gasteiger partial charge in [-0.3, -0.25) is 15.4 Å². The van der Waals surface area contributed by atoms with E-state index in [2.05, 4.69) is 58.2 Å². The van der Waals surface area contributed by atoms with Gasteiger partial charge in [-0.15, -0.1) is 0 Å². The molecule has 1 fully saturated rings. The van der Waals surface area contributed by atoms with Gasteiger partial charge >= 0.3 is 0 Å². The highest BCUT2D eigenvalue weighted by molar-refractivity contribution is 5.78. The predicted molar refractivity (Wildman–Crippen MR) is 131 cm³/mol. The molecule has 1 aromatic heterocycles. The van der Waals surface area contributed by atoms with Gasteiger partial charge in [0.15, 0.2) is 11.5 Å². The number of nitrogens with one attached hydrogen (secondary N) is 2. The lowest BCUT2D eigenvalue weighted by Gasteiger charge is -2.36. The van der Waals surface area contributed by atoms with Crippen molar-refractivity contribution in [1.29, 1.82) is 0 Å². The summed E-state index contributed by atoms with van der Waals surface area (Å²) in [6.07, 6.45) is 7.20. The molecule has 2 aliphatic rings. The molecule has 0 spiro atoms. The van der Waals surface area contributed by atoms with Crippen LogP contribution in [0.2, 0.25) is 0 Å². The van der Waals surface area contributed by atoms with Gasteiger partial charge in [-0.1, -0.05) is 48.6 Å². The number of fused-ring (bicyclic) bond motifs is 1. The van der Waals surface area contributed by atoms with Crippen LogP contribution in [0.3, 0.4) is 0 Å².